The standard InChI is InChI=1S/C45H60Cl2O6/c1-25(2)8-6-9-26(3)35-14-15-36-32-13-12-30-20-27(16-18-44(30,4)37(32)17-19-45(35,36)5)10-7-11-31(28-21-33(42(50)51)40(48)38(46)23-28)29-22-34(43(52)53)41(49)39(47)24-29/h11,21-27,30,32,35-37,48-49H,6-10,12-20H2,1-5H3,(H,50,51)(H,52,53)/t26-,27-,30-,32-,35+,36-,37-,44-,45+/m0/s1. The van der Waals surface area contributed by atoms with E-state index in [1.807, 2.05) is 6.08 Å². The van der Waals surface area contributed by atoms with Gasteiger partial charge in [-0.15, -0.1) is 0 Å². The molecule has 0 spiro atoms. The summed E-state index contributed by atoms with van der Waals surface area (Å²) in [5, 5.41) is 40.0. The molecule has 4 N–H and O–H groups in total. The topological polar surface area (TPSA) is 115 Å². The lowest BCUT2D eigenvalue weighted by molar-refractivity contribution is -0.121. The van der Waals surface area contributed by atoms with Crippen LogP contribution in [0.5, 0.6) is 11.5 Å². The molecule has 290 valence electrons. The number of aromatic carboxylic acids is 2. The highest BCUT2D eigenvalue weighted by atomic mass is 35.5. The van der Waals surface area contributed by atoms with E-state index in [0.29, 0.717) is 39.9 Å². The van der Waals surface area contributed by atoms with Crippen LogP contribution in [0.1, 0.15) is 156 Å². The van der Waals surface area contributed by atoms with Gasteiger partial charge in [0.05, 0.1) is 10.0 Å². The van der Waals surface area contributed by atoms with E-state index in [9.17, 15) is 30.0 Å². The maximum Gasteiger partial charge on any atom is 0.339 e. The largest absolute Gasteiger partial charge is 0.505 e. The average Bonchev–Trinajstić information content (AvgIpc) is 3.46. The van der Waals surface area contributed by atoms with Gasteiger partial charge in [-0.3, -0.25) is 0 Å². The quantitative estimate of drug-likeness (QED) is 0.171. The van der Waals surface area contributed by atoms with Crippen molar-refractivity contribution in [3.05, 3.63) is 62.6 Å². The second kappa shape index (κ2) is 15.8. The average molecular weight is 768 g/mol. The highest BCUT2D eigenvalue weighted by molar-refractivity contribution is 6.33. The van der Waals surface area contributed by atoms with Gasteiger partial charge in [-0.05, 0) is 170 Å². The van der Waals surface area contributed by atoms with E-state index < -0.39 is 23.4 Å². The molecule has 2 aromatic rings. The van der Waals surface area contributed by atoms with E-state index in [1.165, 1.54) is 101 Å². The molecule has 0 saturated heterocycles. The lowest BCUT2D eigenvalue weighted by atomic mass is 9.44. The zero-order valence-electron chi connectivity index (χ0n) is 32.3. The molecule has 53 heavy (non-hydrogen) atoms. The van der Waals surface area contributed by atoms with Gasteiger partial charge in [0.15, 0.2) is 0 Å². The number of carbonyl (C=O) groups is 2. The minimum Gasteiger partial charge on any atom is -0.505 e. The number of hydrogen-bond donors (Lipinski definition) is 4. The number of allylic oxidation sites excluding steroid dienone is 1. The van der Waals surface area contributed by atoms with Crippen LogP contribution in [0.15, 0.2) is 30.3 Å². The zero-order chi connectivity index (χ0) is 38.4. The molecule has 6 rings (SSSR count). The van der Waals surface area contributed by atoms with Crippen molar-refractivity contribution in [2.45, 2.75) is 125 Å². The van der Waals surface area contributed by atoms with E-state index >= 15 is 0 Å². The van der Waals surface area contributed by atoms with Crippen LogP contribution >= 0.6 is 23.2 Å². The maximum absolute atomic E-state index is 12.0. The lowest BCUT2D eigenvalue weighted by Crippen LogP contribution is -2.53. The first-order valence-electron chi connectivity index (χ1n) is 20.3. The highest BCUT2D eigenvalue weighted by Crippen LogP contribution is 2.69. The fourth-order valence-corrected chi connectivity index (χ4v) is 12.8. The second-order valence-corrected chi connectivity index (χ2v) is 19.2. The van der Waals surface area contributed by atoms with Crippen molar-refractivity contribution in [1.29, 1.82) is 0 Å². The number of carboxylic acid groups (broad SMARTS) is 2. The number of hydrogen-bond acceptors (Lipinski definition) is 4. The minimum absolute atomic E-state index is 0.122. The van der Waals surface area contributed by atoms with Crippen LogP contribution in [-0.4, -0.2) is 32.4 Å². The Hall–Kier alpha value is -2.70. The normalized spacial score (nSPS) is 31.3. The number of halogens is 2. The zero-order valence-corrected chi connectivity index (χ0v) is 33.8. The fraction of sp³-hybridized carbons (Fsp3) is 0.644. The Morgan fingerprint density at radius 3 is 1.96 bits per heavy atom. The van der Waals surface area contributed by atoms with Gasteiger partial charge >= 0.3 is 11.9 Å². The van der Waals surface area contributed by atoms with Crippen molar-refractivity contribution < 1.29 is 30.0 Å². The summed E-state index contributed by atoms with van der Waals surface area (Å²) in [5.41, 5.74) is 1.58. The molecule has 2 aromatic carbocycles. The van der Waals surface area contributed by atoms with Crippen molar-refractivity contribution in [2.24, 2.45) is 58.2 Å². The third kappa shape index (κ3) is 7.75. The summed E-state index contributed by atoms with van der Waals surface area (Å²) < 4.78 is 0. The summed E-state index contributed by atoms with van der Waals surface area (Å²) in [6.07, 6.45) is 19.8. The summed E-state index contributed by atoms with van der Waals surface area (Å²) >= 11 is 12.6. The molecule has 4 saturated carbocycles. The van der Waals surface area contributed by atoms with Crippen LogP contribution in [0.2, 0.25) is 10.0 Å². The Kier molecular flexibility index (Phi) is 11.9. The van der Waals surface area contributed by atoms with Crippen molar-refractivity contribution in [3.63, 3.8) is 0 Å². The molecule has 8 heteroatoms. The van der Waals surface area contributed by atoms with Gasteiger partial charge in [-0.2, -0.15) is 0 Å². The summed E-state index contributed by atoms with van der Waals surface area (Å²) in [6.45, 7) is 12.6. The number of fused-ring (bicyclic) bond motifs is 5. The second-order valence-electron chi connectivity index (χ2n) is 18.3. The van der Waals surface area contributed by atoms with Gasteiger partial charge in [-0.25, -0.2) is 9.59 Å². The lowest BCUT2D eigenvalue weighted by Gasteiger charge is -2.61. The SMILES string of the molecule is CC(C)CCC[C@H](C)[C@H]1CC[C@H]2[C@@H]3CC[C@H]4C[C@@H](CCC=C(c5cc(Cl)c(O)c(C(=O)O)c5)c5cc(Cl)c(O)c(C(=O)O)c5)CC[C@]4(C)[C@H]3CC[C@]12C. The molecule has 0 radical (unpaired) electrons. The Balaban J connectivity index is 1.17. The molecule has 0 aromatic heterocycles. The number of phenols is 2. The van der Waals surface area contributed by atoms with Gasteiger partial charge in [0.2, 0.25) is 0 Å². The van der Waals surface area contributed by atoms with Crippen LogP contribution < -0.4 is 0 Å². The summed E-state index contributed by atoms with van der Waals surface area (Å²) in [4.78, 5) is 23.9. The van der Waals surface area contributed by atoms with Crippen LogP contribution in [0.4, 0.5) is 0 Å². The first-order chi connectivity index (χ1) is 25.0. The smallest absolute Gasteiger partial charge is 0.339 e. The molecule has 4 fully saturated rings. The van der Waals surface area contributed by atoms with Crippen molar-refractivity contribution in [1.82, 2.24) is 0 Å². The maximum atomic E-state index is 12.0. The van der Waals surface area contributed by atoms with E-state index in [1.54, 1.807) is 0 Å². The minimum atomic E-state index is -1.33. The molecule has 4 aliphatic rings. The summed E-state index contributed by atoms with van der Waals surface area (Å²) in [5.74, 6) is 2.64. The monoisotopic (exact) mass is 766 g/mol. The number of aromatic hydroxyl groups is 2. The molecular formula is C45H60Cl2O6. The molecule has 0 heterocycles. The predicted molar refractivity (Wildman–Crippen MR) is 213 cm³/mol. The van der Waals surface area contributed by atoms with Crippen molar-refractivity contribution in [2.75, 3.05) is 0 Å². The molecule has 0 unspecified atom stereocenters. The Morgan fingerprint density at radius 1 is 0.792 bits per heavy atom. The summed E-state index contributed by atoms with van der Waals surface area (Å²) in [7, 11) is 0. The Labute approximate surface area is 326 Å². The van der Waals surface area contributed by atoms with Crippen LogP contribution in [0.25, 0.3) is 5.57 Å². The molecular weight excluding hydrogens is 707 g/mol. The van der Waals surface area contributed by atoms with Gasteiger partial charge < -0.3 is 20.4 Å². The fourth-order valence-electron chi connectivity index (χ4n) is 12.3. The van der Waals surface area contributed by atoms with E-state index in [0.717, 1.165) is 47.8 Å². The molecule has 4 aliphatic carbocycles. The van der Waals surface area contributed by atoms with Gasteiger partial charge in [0.25, 0.3) is 0 Å². The number of benzene rings is 2. The van der Waals surface area contributed by atoms with Gasteiger partial charge in [0, 0.05) is 0 Å². The van der Waals surface area contributed by atoms with Crippen LogP contribution in [0.3, 0.4) is 0 Å². The van der Waals surface area contributed by atoms with E-state index in [-0.39, 0.29) is 21.2 Å². The van der Waals surface area contributed by atoms with Gasteiger partial charge in [-0.1, -0.05) is 83.2 Å². The number of carboxylic acids is 2. The molecule has 0 amide bonds. The Bertz CT molecular complexity index is 1660. The third-order valence-corrected chi connectivity index (χ3v) is 15.7. The highest BCUT2D eigenvalue weighted by Gasteiger charge is 2.60. The van der Waals surface area contributed by atoms with Crippen molar-refractivity contribution >= 4 is 40.7 Å². The summed E-state index contributed by atoms with van der Waals surface area (Å²) in [6, 6.07) is 5.65. The van der Waals surface area contributed by atoms with Crippen molar-refractivity contribution in [3.8, 4) is 11.5 Å². The Morgan fingerprint density at radius 2 is 1.38 bits per heavy atom. The van der Waals surface area contributed by atoms with E-state index in [4.69, 9.17) is 23.2 Å². The molecule has 0 bridgehead atoms. The van der Waals surface area contributed by atoms with Gasteiger partial charge in [0.1, 0.15) is 22.6 Å². The first-order valence-corrected chi connectivity index (χ1v) is 21.0. The molecule has 9 atom stereocenters. The molecule has 6 nitrogen and oxygen atoms in total. The third-order valence-electron chi connectivity index (χ3n) is 15.1. The van der Waals surface area contributed by atoms with E-state index in [2.05, 4.69) is 34.6 Å². The molecule has 0 aliphatic heterocycles. The predicted octanol–water partition coefficient (Wildman–Crippen LogP) is 12.8. The van der Waals surface area contributed by atoms with Crippen LogP contribution in [-0.2, 0) is 0 Å². The van der Waals surface area contributed by atoms with Crippen LogP contribution in [0, 0.1) is 58.2 Å². The first kappa shape index (κ1) is 40.0. The number of rotatable bonds is 12.